The Bertz CT molecular complexity index is 824. The Hall–Kier alpha value is -2.63. The number of hydrogen-bond acceptors (Lipinski definition) is 4. The van der Waals surface area contributed by atoms with Crippen LogP contribution in [0.15, 0.2) is 47.4 Å². The molecule has 6 nitrogen and oxygen atoms in total. The minimum absolute atomic E-state index is 0.0922. The standard InChI is InChI=1S/C22H30N4O2/c1-17(2)8-9-21(27)24-19-10-12-25(13-11-19)20-14-22(28)26(23-15-20)16-18-6-4-3-5-7-18/h3-7,14-15,17,19H,8-13,16H2,1-2H3,(H,24,27). The molecule has 6 heteroatoms. The molecule has 0 atom stereocenters. The first-order valence-electron chi connectivity index (χ1n) is 10.2. The number of rotatable bonds is 7. The highest BCUT2D eigenvalue weighted by atomic mass is 16.1. The first-order valence-corrected chi connectivity index (χ1v) is 10.2. The molecule has 150 valence electrons. The van der Waals surface area contributed by atoms with E-state index in [1.165, 1.54) is 4.68 Å². The van der Waals surface area contributed by atoms with Crippen LogP contribution < -0.4 is 15.8 Å². The van der Waals surface area contributed by atoms with E-state index in [2.05, 4.69) is 29.2 Å². The molecule has 1 aromatic heterocycles. The van der Waals surface area contributed by atoms with Crippen molar-refractivity contribution in [3.63, 3.8) is 0 Å². The van der Waals surface area contributed by atoms with Gasteiger partial charge in [-0.3, -0.25) is 9.59 Å². The van der Waals surface area contributed by atoms with Gasteiger partial charge in [-0.1, -0.05) is 44.2 Å². The molecule has 0 radical (unpaired) electrons. The van der Waals surface area contributed by atoms with Crippen LogP contribution in [0.2, 0.25) is 0 Å². The Morgan fingerprint density at radius 3 is 2.57 bits per heavy atom. The van der Waals surface area contributed by atoms with E-state index in [1.807, 2.05) is 30.3 Å². The highest BCUT2D eigenvalue weighted by Crippen LogP contribution is 2.18. The number of nitrogens with zero attached hydrogens (tertiary/aromatic N) is 3. The van der Waals surface area contributed by atoms with E-state index in [9.17, 15) is 9.59 Å². The molecule has 0 aliphatic carbocycles. The largest absolute Gasteiger partial charge is 0.370 e. The van der Waals surface area contributed by atoms with Gasteiger partial charge in [0.1, 0.15) is 0 Å². The van der Waals surface area contributed by atoms with Crippen molar-refractivity contribution >= 4 is 11.6 Å². The van der Waals surface area contributed by atoms with E-state index in [-0.39, 0.29) is 17.5 Å². The summed E-state index contributed by atoms with van der Waals surface area (Å²) in [5, 5.41) is 7.50. The fourth-order valence-electron chi connectivity index (χ4n) is 3.47. The lowest BCUT2D eigenvalue weighted by atomic mass is 10.0. The molecule has 0 bridgehead atoms. The SMILES string of the molecule is CC(C)CCC(=O)NC1CCN(c2cnn(Cc3ccccc3)c(=O)c2)CC1. The van der Waals surface area contributed by atoms with Crippen molar-refractivity contribution in [1.82, 2.24) is 15.1 Å². The maximum Gasteiger partial charge on any atom is 0.269 e. The third-order valence-electron chi connectivity index (χ3n) is 5.20. The molecular formula is C22H30N4O2. The van der Waals surface area contributed by atoms with Gasteiger partial charge < -0.3 is 10.2 Å². The second-order valence-corrected chi connectivity index (χ2v) is 7.96. The van der Waals surface area contributed by atoms with E-state index < -0.39 is 0 Å². The third kappa shape index (κ3) is 5.68. The fourth-order valence-corrected chi connectivity index (χ4v) is 3.47. The van der Waals surface area contributed by atoms with E-state index in [4.69, 9.17) is 0 Å². The summed E-state index contributed by atoms with van der Waals surface area (Å²) in [7, 11) is 0. The third-order valence-corrected chi connectivity index (χ3v) is 5.20. The van der Waals surface area contributed by atoms with Gasteiger partial charge in [0.2, 0.25) is 5.91 Å². The van der Waals surface area contributed by atoms with Crippen LogP contribution in [0.5, 0.6) is 0 Å². The van der Waals surface area contributed by atoms with Crippen molar-refractivity contribution in [1.29, 1.82) is 0 Å². The molecule has 1 N–H and O–H groups in total. The summed E-state index contributed by atoms with van der Waals surface area (Å²) in [5.41, 5.74) is 1.82. The van der Waals surface area contributed by atoms with Crippen molar-refractivity contribution in [2.24, 2.45) is 5.92 Å². The summed E-state index contributed by atoms with van der Waals surface area (Å²) >= 11 is 0. The number of benzene rings is 1. The van der Waals surface area contributed by atoms with Gasteiger partial charge in [-0.25, -0.2) is 4.68 Å². The van der Waals surface area contributed by atoms with Crippen LogP contribution in [-0.2, 0) is 11.3 Å². The second-order valence-electron chi connectivity index (χ2n) is 7.96. The molecule has 0 spiro atoms. The van der Waals surface area contributed by atoms with Crippen LogP contribution in [0.4, 0.5) is 5.69 Å². The molecule has 1 aliphatic rings. The molecule has 0 saturated carbocycles. The molecule has 2 aromatic rings. The fraction of sp³-hybridized carbons (Fsp3) is 0.500. The molecule has 2 heterocycles. The molecule has 0 unspecified atom stereocenters. The van der Waals surface area contributed by atoms with Crippen LogP contribution in [0, 0.1) is 5.92 Å². The van der Waals surface area contributed by atoms with Gasteiger partial charge >= 0.3 is 0 Å². The van der Waals surface area contributed by atoms with Crippen molar-refractivity contribution in [3.8, 4) is 0 Å². The zero-order valence-corrected chi connectivity index (χ0v) is 16.8. The van der Waals surface area contributed by atoms with Crippen molar-refractivity contribution in [2.75, 3.05) is 18.0 Å². The molecule has 1 saturated heterocycles. The van der Waals surface area contributed by atoms with Gasteiger partial charge in [-0.15, -0.1) is 0 Å². The minimum Gasteiger partial charge on any atom is -0.370 e. The van der Waals surface area contributed by atoms with Crippen LogP contribution in [-0.4, -0.2) is 34.8 Å². The van der Waals surface area contributed by atoms with Crippen molar-refractivity contribution in [3.05, 3.63) is 58.5 Å². The zero-order valence-electron chi connectivity index (χ0n) is 16.8. The van der Waals surface area contributed by atoms with E-state index in [0.717, 1.165) is 43.6 Å². The van der Waals surface area contributed by atoms with Crippen LogP contribution in [0.3, 0.4) is 0 Å². The highest BCUT2D eigenvalue weighted by Gasteiger charge is 2.21. The normalized spacial score (nSPS) is 15.0. The van der Waals surface area contributed by atoms with Crippen LogP contribution in [0.1, 0.15) is 45.1 Å². The number of aromatic nitrogens is 2. The van der Waals surface area contributed by atoms with Gasteiger partial charge in [-0.2, -0.15) is 5.10 Å². The molecule has 28 heavy (non-hydrogen) atoms. The smallest absolute Gasteiger partial charge is 0.269 e. The molecule has 1 aromatic carbocycles. The Morgan fingerprint density at radius 2 is 1.93 bits per heavy atom. The maximum atomic E-state index is 12.4. The summed E-state index contributed by atoms with van der Waals surface area (Å²) in [5.74, 6) is 0.696. The predicted molar refractivity (Wildman–Crippen MR) is 111 cm³/mol. The summed E-state index contributed by atoms with van der Waals surface area (Å²) < 4.78 is 1.49. The number of piperidine rings is 1. The number of nitrogens with one attached hydrogen (secondary N) is 1. The lowest BCUT2D eigenvalue weighted by molar-refractivity contribution is -0.122. The Kier molecular flexibility index (Phi) is 6.85. The summed E-state index contributed by atoms with van der Waals surface area (Å²) in [6, 6.07) is 11.7. The average Bonchev–Trinajstić information content (AvgIpc) is 2.69. The summed E-state index contributed by atoms with van der Waals surface area (Å²) in [6.07, 6.45) is 5.07. The van der Waals surface area contributed by atoms with Crippen LogP contribution >= 0.6 is 0 Å². The first kappa shape index (κ1) is 20.1. The molecule has 1 aliphatic heterocycles. The molecule has 3 rings (SSSR count). The number of hydrogen-bond donors (Lipinski definition) is 1. The first-order chi connectivity index (χ1) is 13.5. The van der Waals surface area contributed by atoms with Crippen molar-refractivity contribution < 1.29 is 4.79 Å². The summed E-state index contributed by atoms with van der Waals surface area (Å²) in [6.45, 7) is 6.38. The van der Waals surface area contributed by atoms with Crippen LogP contribution in [0.25, 0.3) is 0 Å². The average molecular weight is 383 g/mol. The monoisotopic (exact) mass is 382 g/mol. The number of amides is 1. The van der Waals surface area contributed by atoms with E-state index in [0.29, 0.717) is 18.9 Å². The quantitative estimate of drug-likeness (QED) is 0.800. The maximum absolute atomic E-state index is 12.4. The Balaban J connectivity index is 1.52. The van der Waals surface area contributed by atoms with Crippen molar-refractivity contribution in [2.45, 2.75) is 52.1 Å². The minimum atomic E-state index is -0.0922. The van der Waals surface area contributed by atoms with E-state index >= 15 is 0 Å². The Labute approximate surface area is 166 Å². The second kappa shape index (κ2) is 9.53. The Morgan fingerprint density at radius 1 is 1.21 bits per heavy atom. The highest BCUT2D eigenvalue weighted by molar-refractivity contribution is 5.76. The lowest BCUT2D eigenvalue weighted by Gasteiger charge is -2.33. The summed E-state index contributed by atoms with van der Waals surface area (Å²) in [4.78, 5) is 26.6. The molecule has 1 fully saturated rings. The van der Waals surface area contributed by atoms with Gasteiger partial charge in [0.05, 0.1) is 18.4 Å². The van der Waals surface area contributed by atoms with E-state index in [1.54, 1.807) is 12.3 Å². The molecule has 1 amide bonds. The number of anilines is 1. The van der Waals surface area contributed by atoms with Gasteiger partial charge in [0.25, 0.3) is 5.56 Å². The number of carbonyl (C=O) groups is 1. The lowest BCUT2D eigenvalue weighted by Crippen LogP contribution is -2.45. The van der Waals surface area contributed by atoms with Gasteiger partial charge in [-0.05, 0) is 30.7 Å². The predicted octanol–water partition coefficient (Wildman–Crippen LogP) is 2.81. The van der Waals surface area contributed by atoms with Gasteiger partial charge in [0, 0.05) is 31.6 Å². The zero-order chi connectivity index (χ0) is 19.9. The van der Waals surface area contributed by atoms with Gasteiger partial charge in [0.15, 0.2) is 0 Å². The number of carbonyl (C=O) groups excluding carboxylic acids is 1. The molecular weight excluding hydrogens is 352 g/mol. The topological polar surface area (TPSA) is 67.2 Å².